The molecule has 0 N–H and O–H groups in total. The summed E-state index contributed by atoms with van der Waals surface area (Å²) in [4.78, 5) is 2.43. The minimum absolute atomic E-state index is 1.14. The van der Waals surface area contributed by atoms with E-state index in [1.165, 1.54) is 58.9 Å². The summed E-state index contributed by atoms with van der Waals surface area (Å²) in [6, 6.07) is 58.9. The summed E-state index contributed by atoms with van der Waals surface area (Å²) in [5.74, 6) is 0. The zero-order chi connectivity index (χ0) is 27.9. The van der Waals surface area contributed by atoms with Crippen LogP contribution in [0.2, 0.25) is 0 Å². The average Bonchev–Trinajstić information content (AvgIpc) is 3.46. The molecule has 0 aliphatic heterocycles. The molecule has 8 rings (SSSR count). The van der Waals surface area contributed by atoms with Crippen LogP contribution in [0, 0.1) is 0 Å². The van der Waals surface area contributed by atoms with E-state index < -0.39 is 0 Å². The largest absolute Gasteiger partial charge is 0.308 e. The first-order valence-electron chi connectivity index (χ1n) is 14.3. The lowest BCUT2D eigenvalue weighted by Gasteiger charge is -2.28. The first-order valence-corrected chi connectivity index (χ1v) is 15.1. The zero-order valence-electron chi connectivity index (χ0n) is 22.9. The van der Waals surface area contributed by atoms with Crippen LogP contribution in [0.4, 0.5) is 17.1 Å². The third-order valence-electron chi connectivity index (χ3n) is 8.05. The quantitative estimate of drug-likeness (QED) is 0.205. The molecule has 0 saturated heterocycles. The van der Waals surface area contributed by atoms with E-state index >= 15 is 0 Å². The van der Waals surface area contributed by atoms with Gasteiger partial charge in [-0.2, -0.15) is 0 Å². The van der Waals surface area contributed by atoms with Crippen LogP contribution in [0.3, 0.4) is 0 Å². The molecule has 0 fully saturated rings. The van der Waals surface area contributed by atoms with E-state index in [0.29, 0.717) is 0 Å². The van der Waals surface area contributed by atoms with Crippen molar-refractivity contribution in [2.24, 2.45) is 0 Å². The van der Waals surface area contributed by atoms with E-state index in [2.05, 4.69) is 169 Å². The third kappa shape index (κ3) is 4.08. The topological polar surface area (TPSA) is 3.24 Å². The first-order chi connectivity index (χ1) is 20.9. The third-order valence-corrected chi connectivity index (χ3v) is 9.33. The van der Waals surface area contributed by atoms with Gasteiger partial charge in [-0.1, -0.05) is 133 Å². The summed E-state index contributed by atoms with van der Waals surface area (Å²) >= 11 is 1.90. The van der Waals surface area contributed by atoms with Gasteiger partial charge in [-0.25, -0.2) is 0 Å². The SMILES string of the molecule is c1ccc(-c2ccccc2N(c2ccccc2)c2cccc3c2sc2c4ccccc4c(-c4ccccc4)cc32)cc1. The Hall–Kier alpha value is -5.18. The average molecular weight is 554 g/mol. The van der Waals surface area contributed by atoms with Crippen LogP contribution >= 0.6 is 11.3 Å². The first kappa shape index (κ1) is 24.6. The number of hydrogen-bond donors (Lipinski definition) is 0. The van der Waals surface area contributed by atoms with Crippen LogP contribution in [-0.4, -0.2) is 0 Å². The lowest BCUT2D eigenvalue weighted by molar-refractivity contribution is 1.30. The van der Waals surface area contributed by atoms with Crippen LogP contribution < -0.4 is 4.90 Å². The van der Waals surface area contributed by atoms with Crippen LogP contribution in [0.1, 0.15) is 0 Å². The molecular formula is C40H27NS. The number of benzene rings is 7. The molecule has 0 amide bonds. The Balaban J connectivity index is 1.44. The van der Waals surface area contributed by atoms with Crippen molar-refractivity contribution in [3.8, 4) is 22.3 Å². The van der Waals surface area contributed by atoms with Crippen LogP contribution in [0.25, 0.3) is 53.2 Å². The van der Waals surface area contributed by atoms with Crippen molar-refractivity contribution in [2.45, 2.75) is 0 Å². The molecule has 1 aromatic heterocycles. The fraction of sp³-hybridized carbons (Fsp3) is 0. The van der Waals surface area contributed by atoms with E-state index in [-0.39, 0.29) is 0 Å². The van der Waals surface area contributed by atoms with Crippen LogP contribution in [0.5, 0.6) is 0 Å². The van der Waals surface area contributed by atoms with Crippen molar-refractivity contribution in [3.63, 3.8) is 0 Å². The van der Waals surface area contributed by atoms with Crippen molar-refractivity contribution in [1.82, 2.24) is 0 Å². The predicted molar refractivity (Wildman–Crippen MR) is 182 cm³/mol. The number of anilines is 3. The molecule has 0 saturated carbocycles. The normalized spacial score (nSPS) is 11.3. The smallest absolute Gasteiger partial charge is 0.0640 e. The second kappa shape index (κ2) is 10.3. The Bertz CT molecular complexity index is 2180. The lowest BCUT2D eigenvalue weighted by atomic mass is 9.95. The highest BCUT2D eigenvalue weighted by atomic mass is 32.1. The monoisotopic (exact) mass is 553 g/mol. The number of rotatable bonds is 5. The second-order valence-corrected chi connectivity index (χ2v) is 11.5. The fourth-order valence-electron chi connectivity index (χ4n) is 6.15. The summed E-state index contributed by atoms with van der Waals surface area (Å²) in [5, 5.41) is 5.18. The van der Waals surface area contributed by atoms with Crippen LogP contribution in [0.15, 0.2) is 164 Å². The Morgan fingerprint density at radius 2 is 0.881 bits per heavy atom. The lowest BCUT2D eigenvalue weighted by Crippen LogP contribution is -2.11. The van der Waals surface area contributed by atoms with Gasteiger partial charge in [0.15, 0.2) is 0 Å². The molecule has 0 radical (unpaired) electrons. The number of thiophene rings is 1. The number of hydrogen-bond acceptors (Lipinski definition) is 2. The maximum Gasteiger partial charge on any atom is 0.0640 e. The molecule has 0 spiro atoms. The molecule has 2 heteroatoms. The number of nitrogens with zero attached hydrogens (tertiary/aromatic N) is 1. The highest BCUT2D eigenvalue weighted by Crippen LogP contribution is 2.49. The molecule has 8 aromatic rings. The van der Waals surface area contributed by atoms with Gasteiger partial charge in [0.05, 0.1) is 16.1 Å². The van der Waals surface area contributed by atoms with E-state index in [4.69, 9.17) is 0 Å². The summed E-state index contributed by atoms with van der Waals surface area (Å²) in [6.07, 6.45) is 0. The van der Waals surface area contributed by atoms with Gasteiger partial charge in [0.1, 0.15) is 0 Å². The molecule has 1 heterocycles. The highest BCUT2D eigenvalue weighted by molar-refractivity contribution is 7.27. The Kier molecular flexibility index (Phi) is 6.05. The number of para-hydroxylation sites is 2. The molecule has 0 atom stereocenters. The van der Waals surface area contributed by atoms with Crippen molar-refractivity contribution in [3.05, 3.63) is 164 Å². The maximum absolute atomic E-state index is 2.43. The van der Waals surface area contributed by atoms with Crippen molar-refractivity contribution < 1.29 is 0 Å². The fourth-order valence-corrected chi connectivity index (χ4v) is 7.48. The summed E-state index contributed by atoms with van der Waals surface area (Å²) in [6.45, 7) is 0. The maximum atomic E-state index is 2.43. The molecule has 198 valence electrons. The van der Waals surface area contributed by atoms with Gasteiger partial charge in [0.2, 0.25) is 0 Å². The van der Waals surface area contributed by atoms with E-state index in [9.17, 15) is 0 Å². The van der Waals surface area contributed by atoms with Gasteiger partial charge < -0.3 is 4.90 Å². The zero-order valence-corrected chi connectivity index (χ0v) is 23.8. The summed E-state index contributed by atoms with van der Waals surface area (Å²) in [5.41, 5.74) is 8.42. The Labute approximate surface area is 249 Å². The standard InChI is InChI=1S/C40H27NS/c1-4-15-28(16-5-1)31-21-12-13-25-37(31)41(30-19-8-3-9-20-30)38-26-14-24-34-36-27-35(29-17-6-2-7-18-29)32-22-10-11-23-33(32)39(36)42-40(34)38/h1-27H. The highest BCUT2D eigenvalue weighted by Gasteiger charge is 2.21. The van der Waals surface area contributed by atoms with Gasteiger partial charge in [-0.05, 0) is 52.4 Å². The summed E-state index contributed by atoms with van der Waals surface area (Å²) < 4.78 is 2.62. The second-order valence-electron chi connectivity index (χ2n) is 10.5. The molecule has 42 heavy (non-hydrogen) atoms. The molecule has 0 unspecified atom stereocenters. The van der Waals surface area contributed by atoms with Gasteiger partial charge in [-0.3, -0.25) is 0 Å². The molecule has 0 bridgehead atoms. The molecule has 0 aliphatic carbocycles. The van der Waals surface area contributed by atoms with Crippen molar-refractivity contribution >= 4 is 59.3 Å². The van der Waals surface area contributed by atoms with Crippen molar-refractivity contribution in [1.29, 1.82) is 0 Å². The van der Waals surface area contributed by atoms with Gasteiger partial charge in [0, 0.05) is 32.1 Å². The molecule has 0 aliphatic rings. The molecular weight excluding hydrogens is 527 g/mol. The van der Waals surface area contributed by atoms with E-state index in [1.807, 2.05) is 11.3 Å². The number of fused-ring (bicyclic) bond motifs is 5. The molecule has 7 aromatic carbocycles. The minimum atomic E-state index is 1.14. The van der Waals surface area contributed by atoms with Crippen molar-refractivity contribution in [2.75, 3.05) is 4.90 Å². The van der Waals surface area contributed by atoms with Crippen LogP contribution in [-0.2, 0) is 0 Å². The molecule has 1 nitrogen and oxygen atoms in total. The van der Waals surface area contributed by atoms with Gasteiger partial charge in [0.25, 0.3) is 0 Å². The van der Waals surface area contributed by atoms with E-state index in [0.717, 1.165) is 11.4 Å². The Morgan fingerprint density at radius 1 is 0.357 bits per heavy atom. The van der Waals surface area contributed by atoms with E-state index in [1.54, 1.807) is 0 Å². The summed E-state index contributed by atoms with van der Waals surface area (Å²) in [7, 11) is 0. The predicted octanol–water partition coefficient (Wildman–Crippen LogP) is 12.0. The minimum Gasteiger partial charge on any atom is -0.308 e. The van der Waals surface area contributed by atoms with Gasteiger partial charge >= 0.3 is 0 Å². The van der Waals surface area contributed by atoms with Gasteiger partial charge in [-0.15, -0.1) is 11.3 Å². The Morgan fingerprint density at radius 3 is 1.62 bits per heavy atom.